The molecule has 3 N–H and O–H groups in total. The molecule has 9 heteroatoms. The van der Waals surface area contributed by atoms with Crippen molar-refractivity contribution in [3.63, 3.8) is 0 Å². The number of hydrogen-bond donors (Lipinski definition) is 3. The van der Waals surface area contributed by atoms with Gasteiger partial charge in [-0.15, -0.1) is 0 Å². The number of ether oxygens (including phenoxy) is 1. The summed E-state index contributed by atoms with van der Waals surface area (Å²) in [7, 11) is 1.58. The van der Waals surface area contributed by atoms with Crippen molar-refractivity contribution in [1.82, 2.24) is 15.5 Å². The second-order valence-electron chi connectivity index (χ2n) is 11.6. The second kappa shape index (κ2) is 17.4. The van der Waals surface area contributed by atoms with Crippen LogP contribution in [0.4, 0.5) is 8.78 Å². The maximum atomic E-state index is 14.1. The van der Waals surface area contributed by atoms with Crippen LogP contribution in [0.2, 0.25) is 0 Å². The number of benzene rings is 4. The van der Waals surface area contributed by atoms with Crippen molar-refractivity contribution >= 4 is 11.8 Å². The van der Waals surface area contributed by atoms with Crippen molar-refractivity contribution in [3.8, 4) is 16.9 Å². The zero-order chi connectivity index (χ0) is 33.8. The van der Waals surface area contributed by atoms with Crippen LogP contribution in [0.3, 0.4) is 0 Å². The maximum Gasteiger partial charge on any atom is 0.253 e. The van der Waals surface area contributed by atoms with Gasteiger partial charge in [0.05, 0.1) is 19.3 Å². The molecular weight excluding hydrogens is 600 g/mol. The smallest absolute Gasteiger partial charge is 0.253 e. The summed E-state index contributed by atoms with van der Waals surface area (Å²) < 4.78 is 33.5. The number of methoxy groups -OCH3 is 1. The minimum Gasteiger partial charge on any atom is -0.497 e. The van der Waals surface area contributed by atoms with E-state index in [0.29, 0.717) is 36.5 Å². The van der Waals surface area contributed by atoms with Crippen molar-refractivity contribution in [3.05, 3.63) is 125 Å². The first-order valence-corrected chi connectivity index (χ1v) is 16.0. The molecule has 0 bridgehead atoms. The van der Waals surface area contributed by atoms with Gasteiger partial charge in [0, 0.05) is 43.4 Å². The van der Waals surface area contributed by atoms with Gasteiger partial charge >= 0.3 is 0 Å². The summed E-state index contributed by atoms with van der Waals surface area (Å²) in [5, 5.41) is 17.4. The average molecular weight is 644 g/mol. The Bertz CT molecular complexity index is 1610. The Kier molecular flexibility index (Phi) is 13.0. The van der Waals surface area contributed by atoms with Gasteiger partial charge in [0.1, 0.15) is 17.4 Å². The van der Waals surface area contributed by atoms with E-state index in [-0.39, 0.29) is 30.0 Å². The van der Waals surface area contributed by atoms with Gasteiger partial charge in [-0.1, -0.05) is 56.3 Å². The number of hydrogen-bond acceptors (Lipinski definition) is 5. The normalized spacial score (nSPS) is 12.3. The lowest BCUT2D eigenvalue weighted by Gasteiger charge is -2.26. The topological polar surface area (TPSA) is 90.9 Å². The summed E-state index contributed by atoms with van der Waals surface area (Å²) in [4.78, 5) is 29.3. The van der Waals surface area contributed by atoms with E-state index in [1.165, 1.54) is 12.1 Å². The highest BCUT2D eigenvalue weighted by Crippen LogP contribution is 2.24. The van der Waals surface area contributed by atoms with Gasteiger partial charge in [-0.25, -0.2) is 8.78 Å². The Hall–Kier alpha value is -4.60. The Labute approximate surface area is 275 Å². The highest BCUT2D eigenvalue weighted by atomic mass is 19.1. The van der Waals surface area contributed by atoms with E-state index in [2.05, 4.69) is 10.6 Å². The van der Waals surface area contributed by atoms with E-state index in [0.717, 1.165) is 30.0 Å². The summed E-state index contributed by atoms with van der Waals surface area (Å²) in [6.45, 7) is 5.69. The van der Waals surface area contributed by atoms with Crippen LogP contribution < -0.4 is 15.4 Å². The molecule has 0 heterocycles. The number of carbonyl (C=O) groups excluding carboxylic acids is 2. The molecule has 47 heavy (non-hydrogen) atoms. The Morgan fingerprint density at radius 1 is 0.809 bits per heavy atom. The van der Waals surface area contributed by atoms with Gasteiger partial charge in [0.25, 0.3) is 11.8 Å². The molecule has 0 aliphatic carbocycles. The first-order chi connectivity index (χ1) is 22.7. The van der Waals surface area contributed by atoms with E-state index in [4.69, 9.17) is 4.74 Å². The molecule has 2 amide bonds. The Balaban J connectivity index is 1.62. The lowest BCUT2D eigenvalue weighted by Crippen LogP contribution is -2.48. The summed E-state index contributed by atoms with van der Waals surface area (Å²) in [6, 6.07) is 24.2. The first-order valence-electron chi connectivity index (χ1n) is 16.0. The zero-order valence-corrected chi connectivity index (χ0v) is 27.1. The minimum absolute atomic E-state index is 0.0344. The number of nitrogens with zero attached hydrogens (tertiary/aromatic N) is 1. The van der Waals surface area contributed by atoms with Crippen molar-refractivity contribution in [1.29, 1.82) is 0 Å². The van der Waals surface area contributed by atoms with Gasteiger partial charge in [-0.05, 0) is 84.0 Å². The van der Waals surface area contributed by atoms with Crippen LogP contribution in [-0.2, 0) is 13.0 Å². The molecule has 4 aromatic rings. The number of nitrogens with one attached hydrogen (secondary N) is 2. The molecule has 0 saturated heterocycles. The molecular formula is C38H43F2N3O4. The van der Waals surface area contributed by atoms with E-state index >= 15 is 0 Å². The molecule has 0 spiro atoms. The maximum absolute atomic E-state index is 14.1. The van der Waals surface area contributed by atoms with Crippen LogP contribution in [0.5, 0.6) is 5.75 Å². The van der Waals surface area contributed by atoms with E-state index in [1.807, 2.05) is 68.4 Å². The predicted molar refractivity (Wildman–Crippen MR) is 180 cm³/mol. The van der Waals surface area contributed by atoms with Crippen LogP contribution in [0.15, 0.2) is 91.0 Å². The second-order valence-corrected chi connectivity index (χ2v) is 11.6. The molecule has 7 nitrogen and oxygen atoms in total. The van der Waals surface area contributed by atoms with Gasteiger partial charge in [0.2, 0.25) is 0 Å². The lowest BCUT2D eigenvalue weighted by atomic mass is 9.97. The Morgan fingerprint density at radius 2 is 1.49 bits per heavy atom. The molecule has 4 aromatic carbocycles. The number of aliphatic hydroxyl groups excluding tert-OH is 1. The highest BCUT2D eigenvalue weighted by Gasteiger charge is 2.25. The number of aliphatic hydroxyl groups is 1. The Morgan fingerprint density at radius 3 is 2.15 bits per heavy atom. The van der Waals surface area contributed by atoms with Gasteiger partial charge in [-0.3, -0.25) is 9.59 Å². The van der Waals surface area contributed by atoms with Gasteiger partial charge in [-0.2, -0.15) is 0 Å². The summed E-state index contributed by atoms with van der Waals surface area (Å²) in [6.07, 6.45) is 0.430. The third-order valence-corrected chi connectivity index (χ3v) is 7.80. The summed E-state index contributed by atoms with van der Waals surface area (Å²) >= 11 is 0. The van der Waals surface area contributed by atoms with Crippen molar-refractivity contribution in [2.45, 2.75) is 51.8 Å². The monoisotopic (exact) mass is 643 g/mol. The van der Waals surface area contributed by atoms with Crippen LogP contribution in [0.25, 0.3) is 11.1 Å². The molecule has 0 unspecified atom stereocenters. The van der Waals surface area contributed by atoms with Crippen LogP contribution in [0.1, 0.15) is 58.5 Å². The molecule has 0 aromatic heterocycles. The fraction of sp³-hybridized carbons (Fsp3) is 0.316. The summed E-state index contributed by atoms with van der Waals surface area (Å²) in [5.74, 6) is -1.50. The first kappa shape index (κ1) is 35.3. The standard InChI is InChI=1S/C38H43F2N3O4/c1-4-14-43(15-5-2)38(46)31-21-29(28-11-7-6-8-12-28)20-30(22-31)37(45)42-35(19-27-16-32(39)23-33(40)17-27)36(44)25-41-24-26-10-9-13-34(18-26)47-3/h6-13,16-18,20-23,35-36,41,44H,4-5,14-15,19,24-25H2,1-3H3,(H,42,45)/t35-,36+/m0/s1. The van der Waals surface area contributed by atoms with Crippen molar-refractivity contribution < 1.29 is 28.2 Å². The van der Waals surface area contributed by atoms with Crippen molar-refractivity contribution in [2.75, 3.05) is 26.7 Å². The number of rotatable bonds is 16. The molecule has 248 valence electrons. The molecule has 0 saturated carbocycles. The van der Waals surface area contributed by atoms with E-state index in [1.54, 1.807) is 30.2 Å². The molecule has 0 radical (unpaired) electrons. The van der Waals surface area contributed by atoms with E-state index in [9.17, 15) is 23.5 Å². The lowest BCUT2D eigenvalue weighted by molar-refractivity contribution is 0.0755. The molecule has 0 aliphatic rings. The van der Waals surface area contributed by atoms with Gasteiger partial charge < -0.3 is 25.4 Å². The fourth-order valence-electron chi connectivity index (χ4n) is 5.52. The zero-order valence-electron chi connectivity index (χ0n) is 27.1. The molecule has 2 atom stereocenters. The van der Waals surface area contributed by atoms with Gasteiger partial charge in [0.15, 0.2) is 0 Å². The van der Waals surface area contributed by atoms with Crippen LogP contribution >= 0.6 is 0 Å². The highest BCUT2D eigenvalue weighted by molar-refractivity contribution is 6.01. The molecule has 0 aliphatic heterocycles. The molecule has 0 fully saturated rings. The minimum atomic E-state index is -1.13. The third kappa shape index (κ3) is 10.2. The largest absolute Gasteiger partial charge is 0.497 e. The number of carbonyl (C=O) groups is 2. The average Bonchev–Trinajstić information content (AvgIpc) is 3.07. The van der Waals surface area contributed by atoms with Crippen LogP contribution in [0, 0.1) is 11.6 Å². The SMILES string of the molecule is CCCN(CCC)C(=O)c1cc(C(=O)N[C@@H](Cc2cc(F)cc(F)c2)[C@H](O)CNCc2cccc(OC)c2)cc(-c2ccccc2)c1. The number of halogens is 2. The fourth-order valence-corrected chi connectivity index (χ4v) is 5.52. The third-order valence-electron chi connectivity index (χ3n) is 7.80. The van der Waals surface area contributed by atoms with Crippen LogP contribution in [-0.4, -0.2) is 60.7 Å². The quantitative estimate of drug-likeness (QED) is 0.132. The molecule has 4 rings (SSSR count). The van der Waals surface area contributed by atoms with Crippen molar-refractivity contribution in [2.24, 2.45) is 0 Å². The number of amides is 2. The predicted octanol–water partition coefficient (Wildman–Crippen LogP) is 6.39. The summed E-state index contributed by atoms with van der Waals surface area (Å²) in [5.41, 5.74) is 3.35. The van der Waals surface area contributed by atoms with E-state index < -0.39 is 29.7 Å².